The molecule has 150 valence electrons. The molecule has 1 N–H and O–H groups in total. The third kappa shape index (κ3) is 3.00. The van der Waals surface area contributed by atoms with Gasteiger partial charge in [0.05, 0.1) is 17.2 Å². The van der Waals surface area contributed by atoms with E-state index >= 15 is 0 Å². The van der Waals surface area contributed by atoms with Gasteiger partial charge < -0.3 is 9.72 Å². The molecule has 9 heteroatoms. The first-order chi connectivity index (χ1) is 14.0. The summed E-state index contributed by atoms with van der Waals surface area (Å²) < 4.78 is 5.19. The fourth-order valence-corrected chi connectivity index (χ4v) is 5.74. The summed E-state index contributed by atoms with van der Waals surface area (Å²) in [5.74, 6) is -1.82. The molecule has 2 amide bonds. The number of rotatable bonds is 4. The molecule has 2 aromatic rings. The first-order valence-electron chi connectivity index (χ1n) is 9.72. The lowest BCUT2D eigenvalue weighted by atomic mass is 9.85. The zero-order chi connectivity index (χ0) is 20.1. The van der Waals surface area contributed by atoms with Crippen LogP contribution in [0.1, 0.15) is 35.5 Å². The number of carbonyl (C=O) groups is 3. The molecular formula is C20H19N3O5S. The number of carbonyl (C=O) groups excluding carboxylic acids is 3. The highest BCUT2D eigenvalue weighted by atomic mass is 32.1. The highest BCUT2D eigenvalue weighted by Gasteiger charge is 2.47. The summed E-state index contributed by atoms with van der Waals surface area (Å²) in [4.78, 5) is 59.5. The molecule has 5 rings (SSSR count). The van der Waals surface area contributed by atoms with Crippen LogP contribution in [0.3, 0.4) is 0 Å². The van der Waals surface area contributed by atoms with Gasteiger partial charge in [-0.3, -0.25) is 24.1 Å². The first kappa shape index (κ1) is 18.2. The number of fused-ring (bicyclic) bond motifs is 4. The van der Waals surface area contributed by atoms with E-state index in [9.17, 15) is 19.2 Å². The molecule has 2 atom stereocenters. The molecule has 3 heterocycles. The van der Waals surface area contributed by atoms with Crippen LogP contribution in [0.2, 0.25) is 0 Å². The van der Waals surface area contributed by atoms with Crippen molar-refractivity contribution in [2.24, 2.45) is 11.8 Å². The van der Waals surface area contributed by atoms with E-state index in [-0.39, 0.29) is 41.6 Å². The van der Waals surface area contributed by atoms with Crippen LogP contribution in [0.25, 0.3) is 10.2 Å². The second-order valence-electron chi connectivity index (χ2n) is 7.63. The number of H-pyrrole nitrogens is 1. The number of imide groups is 1. The summed E-state index contributed by atoms with van der Waals surface area (Å²) in [5.41, 5.74) is 0.867. The highest BCUT2D eigenvalue weighted by Crippen LogP contribution is 2.35. The lowest BCUT2D eigenvalue weighted by molar-refractivity contribution is -0.154. The van der Waals surface area contributed by atoms with Crippen LogP contribution < -0.4 is 5.56 Å². The predicted molar refractivity (Wildman–Crippen MR) is 104 cm³/mol. The van der Waals surface area contributed by atoms with Gasteiger partial charge in [-0.05, 0) is 37.7 Å². The van der Waals surface area contributed by atoms with Gasteiger partial charge in [0.2, 0.25) is 11.8 Å². The van der Waals surface area contributed by atoms with E-state index < -0.39 is 12.5 Å². The normalized spacial score (nSPS) is 23.0. The third-order valence-electron chi connectivity index (χ3n) is 5.88. The summed E-state index contributed by atoms with van der Waals surface area (Å²) >= 11 is 1.51. The quantitative estimate of drug-likeness (QED) is 0.462. The number of nitrogens with one attached hydrogen (secondary N) is 1. The Labute approximate surface area is 169 Å². The van der Waals surface area contributed by atoms with Crippen molar-refractivity contribution in [3.63, 3.8) is 0 Å². The number of amides is 2. The lowest BCUT2D eigenvalue weighted by Gasteiger charge is -2.14. The van der Waals surface area contributed by atoms with Gasteiger partial charge in [-0.2, -0.15) is 0 Å². The molecule has 0 aromatic carbocycles. The van der Waals surface area contributed by atoms with Gasteiger partial charge in [0.25, 0.3) is 5.56 Å². The van der Waals surface area contributed by atoms with Crippen molar-refractivity contribution in [3.8, 4) is 0 Å². The van der Waals surface area contributed by atoms with Crippen LogP contribution >= 0.6 is 11.3 Å². The molecule has 1 aliphatic heterocycles. The lowest BCUT2D eigenvalue weighted by Crippen LogP contribution is -2.36. The smallest absolute Gasteiger partial charge is 0.326 e. The fourth-order valence-electron chi connectivity index (χ4n) is 4.46. The van der Waals surface area contributed by atoms with E-state index in [1.807, 2.05) is 12.2 Å². The van der Waals surface area contributed by atoms with Crippen molar-refractivity contribution in [2.75, 3.05) is 6.54 Å². The van der Waals surface area contributed by atoms with Crippen molar-refractivity contribution in [3.05, 3.63) is 38.8 Å². The number of allylic oxidation sites excluding steroid dienone is 2. The summed E-state index contributed by atoms with van der Waals surface area (Å²) in [6.45, 7) is -0.623. The molecule has 8 nitrogen and oxygen atoms in total. The van der Waals surface area contributed by atoms with Crippen LogP contribution in [0.4, 0.5) is 0 Å². The number of aromatic amines is 1. The molecule has 29 heavy (non-hydrogen) atoms. The van der Waals surface area contributed by atoms with E-state index in [1.165, 1.54) is 16.2 Å². The average molecular weight is 413 g/mol. The Kier molecular flexibility index (Phi) is 4.34. The van der Waals surface area contributed by atoms with E-state index in [1.54, 1.807) is 0 Å². The Morgan fingerprint density at radius 1 is 1.17 bits per heavy atom. The zero-order valence-electron chi connectivity index (χ0n) is 15.6. The van der Waals surface area contributed by atoms with Crippen molar-refractivity contribution >= 4 is 39.3 Å². The van der Waals surface area contributed by atoms with Crippen molar-refractivity contribution in [1.82, 2.24) is 14.9 Å². The topological polar surface area (TPSA) is 109 Å². The SMILES string of the molecule is O=C(CN1C(=O)[C@@H]2CC=CC[C@H]2C1=O)OCc1nc2sc3c(c2c(=O)[nH]1)CCC3. The number of thiophene rings is 1. The number of aryl methyl sites for hydroxylation is 2. The van der Waals surface area contributed by atoms with Crippen LogP contribution in [0.15, 0.2) is 16.9 Å². The molecule has 0 spiro atoms. The Bertz CT molecular complexity index is 1110. The Morgan fingerprint density at radius 2 is 1.90 bits per heavy atom. The minimum atomic E-state index is -0.699. The predicted octanol–water partition coefficient (Wildman–Crippen LogP) is 1.47. The fraction of sp³-hybridized carbons (Fsp3) is 0.450. The monoisotopic (exact) mass is 413 g/mol. The van der Waals surface area contributed by atoms with E-state index in [2.05, 4.69) is 9.97 Å². The Hall–Kier alpha value is -2.81. The average Bonchev–Trinajstić information content (AvgIpc) is 3.35. The molecule has 0 bridgehead atoms. The molecule has 0 unspecified atom stereocenters. The van der Waals surface area contributed by atoms with Crippen LogP contribution in [0, 0.1) is 11.8 Å². The second kappa shape index (κ2) is 6.91. The molecule has 1 saturated heterocycles. The zero-order valence-corrected chi connectivity index (χ0v) is 16.4. The van der Waals surface area contributed by atoms with Crippen LogP contribution in [-0.2, 0) is 38.6 Å². The summed E-state index contributed by atoms with van der Waals surface area (Å²) in [5, 5.41) is 0.641. The molecule has 3 aliphatic rings. The molecular weight excluding hydrogens is 394 g/mol. The number of esters is 1. The molecule has 2 aromatic heterocycles. The number of hydrogen-bond acceptors (Lipinski definition) is 7. The number of hydrogen-bond donors (Lipinski definition) is 1. The number of ether oxygens (including phenoxy) is 1. The minimum absolute atomic E-state index is 0.211. The Balaban J connectivity index is 1.26. The highest BCUT2D eigenvalue weighted by molar-refractivity contribution is 7.18. The molecule has 1 fully saturated rings. The maximum absolute atomic E-state index is 12.4. The van der Waals surface area contributed by atoms with Gasteiger partial charge in [0, 0.05) is 4.88 Å². The third-order valence-corrected chi connectivity index (χ3v) is 7.07. The first-order valence-corrected chi connectivity index (χ1v) is 10.5. The summed E-state index contributed by atoms with van der Waals surface area (Å²) in [6.07, 6.45) is 7.76. The van der Waals surface area contributed by atoms with Gasteiger partial charge in [0.15, 0.2) is 0 Å². The maximum Gasteiger partial charge on any atom is 0.326 e. The minimum Gasteiger partial charge on any atom is -0.456 e. The molecule has 0 radical (unpaired) electrons. The second-order valence-corrected chi connectivity index (χ2v) is 8.71. The van der Waals surface area contributed by atoms with E-state index in [4.69, 9.17) is 4.74 Å². The molecule has 0 saturated carbocycles. The van der Waals surface area contributed by atoms with E-state index in [0.717, 1.165) is 29.7 Å². The Morgan fingerprint density at radius 3 is 2.62 bits per heavy atom. The van der Waals surface area contributed by atoms with Crippen LogP contribution in [0.5, 0.6) is 0 Å². The summed E-state index contributed by atoms with van der Waals surface area (Å²) in [7, 11) is 0. The van der Waals surface area contributed by atoms with Crippen LogP contribution in [-0.4, -0.2) is 39.2 Å². The summed E-state index contributed by atoms with van der Waals surface area (Å²) in [6, 6.07) is 0. The maximum atomic E-state index is 12.4. The van der Waals surface area contributed by atoms with Gasteiger partial charge >= 0.3 is 5.97 Å². The van der Waals surface area contributed by atoms with E-state index in [0.29, 0.717) is 23.1 Å². The number of likely N-dealkylation sites (tertiary alicyclic amines) is 1. The van der Waals surface area contributed by atoms with Gasteiger partial charge in [-0.15, -0.1) is 11.3 Å². The largest absolute Gasteiger partial charge is 0.456 e. The number of aromatic nitrogens is 2. The van der Waals surface area contributed by atoms with Crippen molar-refractivity contribution < 1.29 is 19.1 Å². The van der Waals surface area contributed by atoms with Gasteiger partial charge in [0.1, 0.15) is 23.8 Å². The standard InChI is InChI=1S/C20H19N3O5S/c24-15(8-23-19(26)10-4-1-2-5-11(10)20(23)27)28-9-14-21-17(25)16-12-6-3-7-13(12)29-18(16)22-14/h1-2,10-11H,3-9H2,(H,21,22,25)/t10-,11-/m1/s1. The van der Waals surface area contributed by atoms with Crippen molar-refractivity contribution in [1.29, 1.82) is 0 Å². The number of nitrogens with zero attached hydrogens (tertiary/aromatic N) is 2. The van der Waals surface area contributed by atoms with Gasteiger partial charge in [-0.1, -0.05) is 12.2 Å². The van der Waals surface area contributed by atoms with Crippen molar-refractivity contribution in [2.45, 2.75) is 38.7 Å². The molecule has 2 aliphatic carbocycles. The van der Waals surface area contributed by atoms with Gasteiger partial charge in [-0.25, -0.2) is 4.98 Å².